The van der Waals surface area contributed by atoms with Gasteiger partial charge in [-0.15, -0.1) is 0 Å². The highest BCUT2D eigenvalue weighted by atomic mass is 19.1. The molecule has 1 unspecified atom stereocenters. The highest BCUT2D eigenvalue weighted by Gasteiger charge is 2.40. The Hall–Kier alpha value is -2.02. The monoisotopic (exact) mass is 324 g/mol. The van der Waals surface area contributed by atoms with Crippen LogP contribution in [0, 0.1) is 17.6 Å². The molecule has 23 heavy (non-hydrogen) atoms. The number of piperidine rings is 1. The highest BCUT2D eigenvalue weighted by molar-refractivity contribution is 5.99. The summed E-state index contributed by atoms with van der Waals surface area (Å²) in [5, 5.41) is 9.02. The van der Waals surface area contributed by atoms with Crippen LogP contribution in [0.15, 0.2) is 18.2 Å². The first-order valence-electron chi connectivity index (χ1n) is 7.71. The third kappa shape index (κ3) is 2.93. The van der Waals surface area contributed by atoms with Gasteiger partial charge in [-0.2, -0.15) is 0 Å². The summed E-state index contributed by atoms with van der Waals surface area (Å²) < 4.78 is 27.7. The minimum Gasteiger partial charge on any atom is -0.481 e. The van der Waals surface area contributed by atoms with Crippen molar-refractivity contribution in [3.05, 3.63) is 29.8 Å². The minimum atomic E-state index is -0.808. The van der Waals surface area contributed by atoms with Gasteiger partial charge in [0.1, 0.15) is 17.3 Å². The van der Waals surface area contributed by atoms with Gasteiger partial charge in [0, 0.05) is 6.54 Å². The number of para-hydroxylation sites is 1. The van der Waals surface area contributed by atoms with Crippen LogP contribution in [0.5, 0.6) is 0 Å². The van der Waals surface area contributed by atoms with E-state index in [0.29, 0.717) is 32.4 Å². The number of aliphatic carboxylic acids is 1. The Morgan fingerprint density at radius 3 is 2.26 bits per heavy atom. The van der Waals surface area contributed by atoms with Gasteiger partial charge in [-0.05, 0) is 44.5 Å². The average Bonchev–Trinajstić information content (AvgIpc) is 2.89. The number of rotatable bonds is 3. The van der Waals surface area contributed by atoms with Gasteiger partial charge >= 0.3 is 5.97 Å². The number of halogens is 2. The molecule has 3 rings (SSSR count). The molecule has 0 aromatic heterocycles. The molecule has 0 radical (unpaired) electrons. The van der Waals surface area contributed by atoms with Crippen molar-refractivity contribution in [3.63, 3.8) is 0 Å². The van der Waals surface area contributed by atoms with Crippen molar-refractivity contribution in [2.24, 2.45) is 5.92 Å². The number of benzene rings is 1. The van der Waals surface area contributed by atoms with Crippen LogP contribution in [0.1, 0.15) is 19.3 Å². The number of nitrogens with zero attached hydrogens (tertiary/aromatic N) is 2. The third-order valence-corrected chi connectivity index (χ3v) is 4.70. The van der Waals surface area contributed by atoms with Gasteiger partial charge in [0.2, 0.25) is 5.91 Å². The number of amides is 1. The molecule has 1 amide bonds. The molecule has 7 heteroatoms. The summed E-state index contributed by atoms with van der Waals surface area (Å²) in [6, 6.07) is 3.11. The number of likely N-dealkylation sites (tertiary alicyclic amines) is 1. The zero-order chi connectivity index (χ0) is 16.6. The Labute approximate surface area is 132 Å². The fourth-order valence-corrected chi connectivity index (χ4v) is 3.43. The average molecular weight is 324 g/mol. The largest absolute Gasteiger partial charge is 0.481 e. The van der Waals surface area contributed by atoms with E-state index < -0.39 is 23.6 Å². The lowest BCUT2D eigenvalue weighted by Gasteiger charge is -2.33. The molecule has 1 aromatic carbocycles. The van der Waals surface area contributed by atoms with Gasteiger partial charge in [-0.3, -0.25) is 14.5 Å². The van der Waals surface area contributed by atoms with E-state index in [4.69, 9.17) is 5.11 Å². The summed E-state index contributed by atoms with van der Waals surface area (Å²) in [4.78, 5) is 26.6. The van der Waals surface area contributed by atoms with Crippen LogP contribution >= 0.6 is 0 Å². The fraction of sp³-hybridized carbons (Fsp3) is 0.500. The Bertz CT molecular complexity index is 610. The lowest BCUT2D eigenvalue weighted by Crippen LogP contribution is -2.46. The van der Waals surface area contributed by atoms with Crippen LogP contribution in [-0.2, 0) is 9.59 Å². The molecule has 2 aliphatic rings. The van der Waals surface area contributed by atoms with E-state index in [0.717, 1.165) is 12.1 Å². The predicted octanol–water partition coefficient (Wildman–Crippen LogP) is 1.87. The second-order valence-corrected chi connectivity index (χ2v) is 6.01. The molecule has 124 valence electrons. The molecule has 2 fully saturated rings. The topological polar surface area (TPSA) is 60.9 Å². The predicted molar refractivity (Wildman–Crippen MR) is 79.0 cm³/mol. The van der Waals surface area contributed by atoms with Crippen molar-refractivity contribution < 1.29 is 23.5 Å². The van der Waals surface area contributed by atoms with Crippen molar-refractivity contribution in [2.45, 2.75) is 25.3 Å². The molecule has 0 saturated carbocycles. The molecule has 1 aromatic rings. The molecule has 5 nitrogen and oxygen atoms in total. The smallest absolute Gasteiger partial charge is 0.306 e. The van der Waals surface area contributed by atoms with Gasteiger partial charge in [0.15, 0.2) is 0 Å². The second-order valence-electron chi connectivity index (χ2n) is 6.01. The Morgan fingerprint density at radius 1 is 1.09 bits per heavy atom. The van der Waals surface area contributed by atoms with Crippen molar-refractivity contribution >= 4 is 17.6 Å². The molecule has 2 aliphatic heterocycles. The number of carboxylic acid groups (broad SMARTS) is 1. The number of carboxylic acids is 1. The maximum absolute atomic E-state index is 13.9. The molecule has 0 aliphatic carbocycles. The molecular formula is C16H18F2N2O3. The lowest BCUT2D eigenvalue weighted by atomic mass is 9.96. The number of carbonyl (C=O) groups excluding carboxylic acids is 1. The van der Waals surface area contributed by atoms with E-state index >= 15 is 0 Å². The van der Waals surface area contributed by atoms with E-state index in [9.17, 15) is 18.4 Å². The Kier molecular flexibility index (Phi) is 4.30. The van der Waals surface area contributed by atoms with Crippen LogP contribution in [0.4, 0.5) is 14.5 Å². The molecule has 0 spiro atoms. The van der Waals surface area contributed by atoms with Crippen molar-refractivity contribution in [2.75, 3.05) is 24.5 Å². The van der Waals surface area contributed by atoms with Crippen LogP contribution in [0.3, 0.4) is 0 Å². The van der Waals surface area contributed by atoms with Gasteiger partial charge < -0.3 is 10.0 Å². The third-order valence-electron chi connectivity index (χ3n) is 4.70. The van der Waals surface area contributed by atoms with Crippen LogP contribution in [0.25, 0.3) is 0 Å². The quantitative estimate of drug-likeness (QED) is 0.922. The van der Waals surface area contributed by atoms with Gasteiger partial charge in [0.05, 0.1) is 12.0 Å². The molecule has 2 heterocycles. The highest BCUT2D eigenvalue weighted by Crippen LogP contribution is 2.30. The summed E-state index contributed by atoms with van der Waals surface area (Å²) >= 11 is 0. The van der Waals surface area contributed by atoms with Gasteiger partial charge in [-0.1, -0.05) is 6.07 Å². The van der Waals surface area contributed by atoms with E-state index in [-0.39, 0.29) is 24.1 Å². The molecular weight excluding hydrogens is 306 g/mol. The summed E-state index contributed by atoms with van der Waals surface area (Å²) in [5.41, 5.74) is -0.291. The first-order chi connectivity index (χ1) is 11.0. The molecule has 1 N–H and O–H groups in total. The summed E-state index contributed by atoms with van der Waals surface area (Å²) in [6.07, 6.45) is 1.48. The summed E-state index contributed by atoms with van der Waals surface area (Å²) in [6.45, 7) is 1.29. The normalized spacial score (nSPS) is 23.5. The van der Waals surface area contributed by atoms with Crippen molar-refractivity contribution in [1.29, 1.82) is 0 Å². The summed E-state index contributed by atoms with van der Waals surface area (Å²) in [5.74, 6) is -2.99. The van der Waals surface area contributed by atoms with Crippen molar-refractivity contribution in [1.82, 2.24) is 4.90 Å². The van der Waals surface area contributed by atoms with E-state index in [1.807, 2.05) is 4.90 Å². The first-order valence-corrected chi connectivity index (χ1v) is 7.71. The minimum absolute atomic E-state index is 0.264. The number of hydrogen-bond donors (Lipinski definition) is 1. The zero-order valence-electron chi connectivity index (χ0n) is 12.5. The second kappa shape index (κ2) is 6.23. The van der Waals surface area contributed by atoms with Gasteiger partial charge in [0.25, 0.3) is 0 Å². The maximum atomic E-state index is 13.9. The number of hydrogen-bond acceptors (Lipinski definition) is 3. The molecule has 2 saturated heterocycles. The van der Waals surface area contributed by atoms with E-state index in [1.54, 1.807) is 0 Å². The summed E-state index contributed by atoms with van der Waals surface area (Å²) in [7, 11) is 0. The Balaban J connectivity index is 1.72. The molecule has 1 atom stereocenters. The van der Waals surface area contributed by atoms with E-state index in [2.05, 4.69) is 0 Å². The maximum Gasteiger partial charge on any atom is 0.306 e. The van der Waals surface area contributed by atoms with Crippen LogP contribution in [-0.4, -0.2) is 47.6 Å². The fourth-order valence-electron chi connectivity index (χ4n) is 3.43. The van der Waals surface area contributed by atoms with Gasteiger partial charge in [-0.25, -0.2) is 8.78 Å². The standard InChI is InChI=1S/C16H18F2N2O3/c17-11-2-1-3-12(18)14(11)20-9-6-13(15(20)21)19-7-4-10(5-8-19)16(22)23/h1-3,10,13H,4-9H2,(H,22,23). The molecule has 0 bridgehead atoms. The van der Waals surface area contributed by atoms with Crippen LogP contribution in [0.2, 0.25) is 0 Å². The van der Waals surface area contributed by atoms with Crippen LogP contribution < -0.4 is 4.90 Å². The lowest BCUT2D eigenvalue weighted by molar-refractivity contribution is -0.143. The SMILES string of the molecule is O=C(O)C1CCN(C2CCN(c3c(F)cccc3F)C2=O)CC1. The van der Waals surface area contributed by atoms with E-state index in [1.165, 1.54) is 11.0 Å². The number of anilines is 1. The number of carbonyl (C=O) groups is 2. The first kappa shape index (κ1) is 15.9. The zero-order valence-corrected chi connectivity index (χ0v) is 12.5. The van der Waals surface area contributed by atoms with Crippen molar-refractivity contribution in [3.8, 4) is 0 Å². The Morgan fingerprint density at radius 2 is 1.70 bits per heavy atom.